The van der Waals surface area contributed by atoms with Crippen LogP contribution in [0.25, 0.3) is 6.08 Å². The zero-order valence-corrected chi connectivity index (χ0v) is 10.2. The first-order chi connectivity index (χ1) is 9.89. The number of hydrogen-bond acceptors (Lipinski definition) is 2. The van der Waals surface area contributed by atoms with Gasteiger partial charge in [-0.15, -0.1) is 13.2 Å². The predicted octanol–water partition coefficient (Wildman–Crippen LogP) is 4.39. The van der Waals surface area contributed by atoms with Gasteiger partial charge in [0, 0.05) is 0 Å². The van der Waals surface area contributed by atoms with E-state index in [2.05, 4.69) is 16.1 Å². The Morgan fingerprint density at radius 3 is 1.86 bits per heavy atom. The third-order valence-corrected chi connectivity index (χ3v) is 2.11. The Hall–Kier alpha value is -1.91. The monoisotopic (exact) mass is 340 g/mol. The summed E-state index contributed by atoms with van der Waals surface area (Å²) < 4.78 is 119. The van der Waals surface area contributed by atoms with Crippen LogP contribution in [0.3, 0.4) is 0 Å². The van der Waals surface area contributed by atoms with Crippen molar-refractivity contribution >= 4 is 6.08 Å². The largest absolute Gasteiger partial charge is 0.527 e. The molecule has 0 amide bonds. The molecule has 22 heavy (non-hydrogen) atoms. The van der Waals surface area contributed by atoms with Crippen LogP contribution in [0.2, 0.25) is 0 Å². The van der Waals surface area contributed by atoms with E-state index in [4.69, 9.17) is 0 Å². The second-order valence-corrected chi connectivity index (χ2v) is 3.68. The molecule has 1 rings (SSSR count). The van der Waals surface area contributed by atoms with Crippen LogP contribution in [0.15, 0.2) is 6.58 Å². The number of halogens is 9. The van der Waals surface area contributed by atoms with Crippen LogP contribution in [-0.4, -0.2) is 19.1 Å². The van der Waals surface area contributed by atoms with Gasteiger partial charge in [-0.25, -0.2) is 17.9 Å². The number of benzene rings is 1. The maximum Gasteiger partial charge on any atom is 0.527 e. The zero-order chi connectivity index (χ0) is 17.3. The fourth-order valence-electron chi connectivity index (χ4n) is 1.29. The highest BCUT2D eigenvalue weighted by atomic mass is 19.4. The number of rotatable bonds is 5. The van der Waals surface area contributed by atoms with Crippen molar-refractivity contribution in [2.45, 2.75) is 12.5 Å². The van der Waals surface area contributed by atoms with Gasteiger partial charge >= 0.3 is 12.5 Å². The molecule has 0 saturated heterocycles. The topological polar surface area (TPSA) is 18.5 Å². The minimum absolute atomic E-state index is 0.393. The standard InChI is InChI=1S/C11H5F9O2/c1-2-4-5(12)7(14)8(15)9(6(4)13)21-3-10(16,17)22-11(18,19)20/h2H,1,3H2. The molecule has 0 bridgehead atoms. The molecule has 0 spiro atoms. The lowest BCUT2D eigenvalue weighted by Crippen LogP contribution is -2.35. The van der Waals surface area contributed by atoms with Crippen molar-refractivity contribution in [3.63, 3.8) is 0 Å². The van der Waals surface area contributed by atoms with Gasteiger partial charge in [-0.2, -0.15) is 13.2 Å². The molecule has 0 atom stereocenters. The molecule has 11 heteroatoms. The molecule has 124 valence electrons. The summed E-state index contributed by atoms with van der Waals surface area (Å²) in [6.45, 7) is 0.572. The lowest BCUT2D eigenvalue weighted by Gasteiger charge is -2.19. The van der Waals surface area contributed by atoms with Crippen LogP contribution in [-0.2, 0) is 4.74 Å². The van der Waals surface area contributed by atoms with E-state index in [0.717, 1.165) is 0 Å². The van der Waals surface area contributed by atoms with Gasteiger partial charge in [-0.05, 0) is 0 Å². The average Bonchev–Trinajstić information content (AvgIpc) is 2.34. The molecule has 0 unspecified atom stereocenters. The Labute approximate surface area is 116 Å². The van der Waals surface area contributed by atoms with E-state index >= 15 is 0 Å². The first-order valence-electron chi connectivity index (χ1n) is 5.15. The van der Waals surface area contributed by atoms with Crippen LogP contribution in [0.1, 0.15) is 5.56 Å². The molecular formula is C11H5F9O2. The van der Waals surface area contributed by atoms with E-state index in [1.54, 1.807) is 0 Å². The van der Waals surface area contributed by atoms with Crippen molar-refractivity contribution in [3.8, 4) is 5.75 Å². The molecule has 0 aromatic heterocycles. The van der Waals surface area contributed by atoms with E-state index in [0.29, 0.717) is 6.08 Å². The van der Waals surface area contributed by atoms with E-state index < -0.39 is 53.7 Å². The zero-order valence-electron chi connectivity index (χ0n) is 10.2. The number of ether oxygens (including phenoxy) is 2. The van der Waals surface area contributed by atoms with Gasteiger partial charge in [-0.1, -0.05) is 12.7 Å². The average molecular weight is 340 g/mol. The molecule has 2 nitrogen and oxygen atoms in total. The van der Waals surface area contributed by atoms with Gasteiger partial charge in [0.1, 0.15) is 0 Å². The summed E-state index contributed by atoms with van der Waals surface area (Å²) in [5.41, 5.74) is -1.24. The Balaban J connectivity index is 3.09. The van der Waals surface area contributed by atoms with Crippen molar-refractivity contribution in [1.29, 1.82) is 0 Å². The molecule has 1 aromatic carbocycles. The third-order valence-electron chi connectivity index (χ3n) is 2.11. The van der Waals surface area contributed by atoms with Crippen molar-refractivity contribution in [2.75, 3.05) is 6.61 Å². The number of hydrogen-bond donors (Lipinski definition) is 0. The summed E-state index contributed by atoms with van der Waals surface area (Å²) in [6.07, 6.45) is -10.4. The van der Waals surface area contributed by atoms with Gasteiger partial charge in [0.15, 0.2) is 29.8 Å². The molecule has 0 saturated carbocycles. The highest BCUT2D eigenvalue weighted by Crippen LogP contribution is 2.33. The summed E-state index contributed by atoms with van der Waals surface area (Å²) in [5.74, 6) is -10.4. The fourth-order valence-corrected chi connectivity index (χ4v) is 1.29. The highest BCUT2D eigenvalue weighted by molar-refractivity contribution is 5.53. The summed E-state index contributed by atoms with van der Waals surface area (Å²) >= 11 is 0. The molecule has 1 aromatic rings. The minimum atomic E-state index is -5.76. The van der Waals surface area contributed by atoms with E-state index in [9.17, 15) is 39.5 Å². The molecule has 0 aliphatic rings. The third kappa shape index (κ3) is 4.06. The SMILES string of the molecule is C=Cc1c(F)c(F)c(F)c(OCC(F)(F)OC(F)(F)F)c1F. The van der Waals surface area contributed by atoms with Crippen molar-refractivity contribution in [2.24, 2.45) is 0 Å². The van der Waals surface area contributed by atoms with Crippen LogP contribution in [0.5, 0.6) is 5.75 Å². The van der Waals surface area contributed by atoms with Crippen LogP contribution in [0, 0.1) is 23.3 Å². The number of alkyl halides is 5. The molecule has 0 fully saturated rings. The Morgan fingerprint density at radius 1 is 0.864 bits per heavy atom. The first-order valence-corrected chi connectivity index (χ1v) is 5.15. The Kier molecular flexibility index (Phi) is 5.00. The van der Waals surface area contributed by atoms with Crippen LogP contribution >= 0.6 is 0 Å². The molecule has 0 heterocycles. The predicted molar refractivity (Wildman–Crippen MR) is 53.9 cm³/mol. The fraction of sp³-hybridized carbons (Fsp3) is 0.273. The Bertz CT molecular complexity index is 580. The highest BCUT2D eigenvalue weighted by Gasteiger charge is 2.46. The molecule has 0 aliphatic heterocycles. The second-order valence-electron chi connectivity index (χ2n) is 3.68. The normalized spacial score (nSPS) is 12.4. The first kappa shape index (κ1) is 18.1. The van der Waals surface area contributed by atoms with Gasteiger partial charge < -0.3 is 4.74 Å². The van der Waals surface area contributed by atoms with Crippen molar-refractivity contribution in [1.82, 2.24) is 0 Å². The second kappa shape index (κ2) is 6.07. The van der Waals surface area contributed by atoms with Gasteiger partial charge in [0.05, 0.1) is 5.56 Å². The molecule has 0 N–H and O–H groups in total. The summed E-state index contributed by atoms with van der Waals surface area (Å²) in [5, 5.41) is 0. The maximum absolute atomic E-state index is 13.5. The van der Waals surface area contributed by atoms with E-state index in [1.165, 1.54) is 0 Å². The van der Waals surface area contributed by atoms with Gasteiger partial charge in [0.2, 0.25) is 5.82 Å². The van der Waals surface area contributed by atoms with Gasteiger partial charge in [-0.3, -0.25) is 0 Å². The summed E-state index contributed by atoms with van der Waals surface area (Å²) in [7, 11) is 0. The smallest absolute Gasteiger partial charge is 0.478 e. The summed E-state index contributed by atoms with van der Waals surface area (Å²) in [4.78, 5) is 0. The van der Waals surface area contributed by atoms with E-state index in [-0.39, 0.29) is 0 Å². The molecule has 0 radical (unpaired) electrons. The molecular weight excluding hydrogens is 335 g/mol. The Morgan fingerprint density at radius 2 is 1.41 bits per heavy atom. The lowest BCUT2D eigenvalue weighted by atomic mass is 10.1. The van der Waals surface area contributed by atoms with Crippen molar-refractivity contribution in [3.05, 3.63) is 35.4 Å². The maximum atomic E-state index is 13.5. The van der Waals surface area contributed by atoms with Crippen LogP contribution < -0.4 is 4.74 Å². The summed E-state index contributed by atoms with van der Waals surface area (Å²) in [6, 6.07) is 0. The lowest BCUT2D eigenvalue weighted by molar-refractivity contribution is -0.428. The van der Waals surface area contributed by atoms with E-state index in [1.807, 2.05) is 0 Å². The van der Waals surface area contributed by atoms with Gasteiger partial charge in [0.25, 0.3) is 0 Å². The van der Waals surface area contributed by atoms with Crippen molar-refractivity contribution < 1.29 is 49.0 Å². The molecule has 0 aliphatic carbocycles. The quantitative estimate of drug-likeness (QED) is 0.450. The minimum Gasteiger partial charge on any atom is -0.478 e. The van der Waals surface area contributed by atoms with Crippen LogP contribution in [0.4, 0.5) is 39.5 Å².